The lowest BCUT2D eigenvalue weighted by Crippen LogP contribution is -2.33. The molecule has 0 bridgehead atoms. The molecule has 1 saturated heterocycles. The van der Waals surface area contributed by atoms with Crippen LogP contribution in [0, 0.1) is 17.7 Å². The number of fused-ring (bicyclic) bond motifs is 1. The minimum absolute atomic E-state index is 0.139. The molecule has 0 N–H and O–H groups in total. The number of hydrogen-bond donors (Lipinski definition) is 0. The van der Waals surface area contributed by atoms with Gasteiger partial charge >= 0.3 is 0 Å². The Kier molecular flexibility index (Phi) is 3.10. The van der Waals surface area contributed by atoms with Crippen molar-refractivity contribution in [3.63, 3.8) is 0 Å². The van der Waals surface area contributed by atoms with Crippen molar-refractivity contribution in [2.75, 3.05) is 25.5 Å². The van der Waals surface area contributed by atoms with E-state index in [0.717, 1.165) is 24.3 Å². The van der Waals surface area contributed by atoms with E-state index in [0.29, 0.717) is 5.92 Å². The van der Waals surface area contributed by atoms with Crippen LogP contribution in [-0.2, 0) is 0 Å². The van der Waals surface area contributed by atoms with Gasteiger partial charge in [0.05, 0.1) is 0 Å². The van der Waals surface area contributed by atoms with Crippen molar-refractivity contribution in [1.29, 1.82) is 0 Å². The summed E-state index contributed by atoms with van der Waals surface area (Å²) < 4.78 is 12.9. The van der Waals surface area contributed by atoms with Crippen LogP contribution < -0.4 is 0 Å². The summed E-state index contributed by atoms with van der Waals surface area (Å²) in [5.41, 5.74) is 1.31. The van der Waals surface area contributed by atoms with Crippen LogP contribution in [0.5, 0.6) is 0 Å². The van der Waals surface area contributed by atoms with Crippen LogP contribution >= 0.6 is 11.6 Å². The van der Waals surface area contributed by atoms with Crippen LogP contribution in [-0.4, -0.2) is 30.4 Å². The van der Waals surface area contributed by atoms with Crippen LogP contribution in [0.3, 0.4) is 0 Å². The molecule has 3 unspecified atom stereocenters. The summed E-state index contributed by atoms with van der Waals surface area (Å²) in [5.74, 6) is 2.83. The Labute approximate surface area is 107 Å². The van der Waals surface area contributed by atoms with Crippen molar-refractivity contribution in [3.05, 3.63) is 35.6 Å². The molecule has 1 aromatic carbocycles. The maximum atomic E-state index is 12.9. The molecule has 92 valence electrons. The van der Waals surface area contributed by atoms with Crippen LogP contribution in [0.25, 0.3) is 0 Å². The number of likely N-dealkylation sites (tertiary alicyclic amines) is 1. The summed E-state index contributed by atoms with van der Waals surface area (Å²) >= 11 is 5.78. The second-order valence-corrected chi connectivity index (χ2v) is 5.64. The normalized spacial score (nSPS) is 32.2. The van der Waals surface area contributed by atoms with E-state index in [1.807, 2.05) is 12.1 Å². The lowest BCUT2D eigenvalue weighted by atomic mass is 9.64. The third-order valence-electron chi connectivity index (χ3n) is 4.34. The smallest absolute Gasteiger partial charge is 0.123 e. The maximum Gasteiger partial charge on any atom is 0.123 e. The van der Waals surface area contributed by atoms with Crippen molar-refractivity contribution < 1.29 is 4.39 Å². The Bertz CT molecular complexity index is 392. The number of rotatable bonds is 3. The predicted octanol–water partition coefficient (Wildman–Crippen LogP) is 3.10. The summed E-state index contributed by atoms with van der Waals surface area (Å²) in [7, 11) is 0. The zero-order valence-electron chi connectivity index (χ0n) is 9.78. The van der Waals surface area contributed by atoms with Crippen LogP contribution in [0.4, 0.5) is 4.39 Å². The fourth-order valence-corrected chi connectivity index (χ4v) is 3.63. The van der Waals surface area contributed by atoms with Crippen LogP contribution in [0.15, 0.2) is 24.3 Å². The third-order valence-corrected chi connectivity index (χ3v) is 4.51. The lowest BCUT2D eigenvalue weighted by molar-refractivity contribution is 0.191. The van der Waals surface area contributed by atoms with Crippen LogP contribution in [0.2, 0.25) is 0 Å². The molecule has 1 aliphatic heterocycles. The molecule has 1 heterocycles. The predicted molar refractivity (Wildman–Crippen MR) is 67.9 cm³/mol. The van der Waals surface area contributed by atoms with Gasteiger partial charge in [0.2, 0.25) is 0 Å². The average Bonchev–Trinajstić information content (AvgIpc) is 2.61. The first-order chi connectivity index (χ1) is 8.28. The Morgan fingerprint density at radius 1 is 1.24 bits per heavy atom. The molecular formula is C14H17ClFN. The molecule has 0 aromatic heterocycles. The standard InChI is InChI=1S/C14H17ClFN/c15-5-6-17-8-11-7-13(14(11)9-17)10-1-3-12(16)4-2-10/h1-4,11,13-14H,5-9H2. The quantitative estimate of drug-likeness (QED) is 0.749. The van der Waals surface area contributed by atoms with Gasteiger partial charge in [-0.15, -0.1) is 11.6 Å². The molecule has 3 heteroatoms. The molecule has 1 saturated carbocycles. The zero-order valence-corrected chi connectivity index (χ0v) is 10.5. The van der Waals surface area contributed by atoms with Crippen molar-refractivity contribution in [2.24, 2.45) is 11.8 Å². The van der Waals surface area contributed by atoms with Crippen LogP contribution in [0.1, 0.15) is 17.9 Å². The summed E-state index contributed by atoms with van der Waals surface area (Å²) in [6.07, 6.45) is 1.26. The van der Waals surface area contributed by atoms with Crippen molar-refractivity contribution in [1.82, 2.24) is 4.90 Å². The van der Waals surface area contributed by atoms with Gasteiger partial charge < -0.3 is 4.90 Å². The van der Waals surface area contributed by atoms with Gasteiger partial charge in [0.15, 0.2) is 0 Å². The Morgan fingerprint density at radius 2 is 2.00 bits per heavy atom. The van der Waals surface area contributed by atoms with E-state index in [9.17, 15) is 4.39 Å². The van der Waals surface area contributed by atoms with Gasteiger partial charge in [-0.3, -0.25) is 0 Å². The highest BCUT2D eigenvalue weighted by Crippen LogP contribution is 2.51. The van der Waals surface area contributed by atoms with Crippen molar-refractivity contribution >= 4 is 11.6 Å². The van der Waals surface area contributed by atoms with Crippen molar-refractivity contribution in [2.45, 2.75) is 12.3 Å². The van der Waals surface area contributed by atoms with E-state index >= 15 is 0 Å². The summed E-state index contributed by atoms with van der Waals surface area (Å²) in [5, 5.41) is 0. The molecule has 1 aliphatic carbocycles. The Balaban J connectivity index is 1.67. The van der Waals surface area contributed by atoms with Gasteiger partial charge in [-0.05, 0) is 41.9 Å². The molecule has 3 rings (SSSR count). The number of hydrogen-bond acceptors (Lipinski definition) is 1. The molecular weight excluding hydrogens is 237 g/mol. The number of benzene rings is 1. The van der Waals surface area contributed by atoms with E-state index in [2.05, 4.69) is 4.90 Å². The van der Waals surface area contributed by atoms with Crippen molar-refractivity contribution in [3.8, 4) is 0 Å². The minimum Gasteiger partial charge on any atom is -0.302 e. The fourth-order valence-electron chi connectivity index (χ4n) is 3.39. The SMILES string of the molecule is Fc1ccc(C2CC3CN(CCCl)CC32)cc1. The highest BCUT2D eigenvalue weighted by atomic mass is 35.5. The molecule has 1 nitrogen and oxygen atoms in total. The number of halogens is 2. The summed E-state index contributed by atoms with van der Waals surface area (Å²) in [6, 6.07) is 7.04. The average molecular weight is 254 g/mol. The summed E-state index contributed by atoms with van der Waals surface area (Å²) in [6.45, 7) is 3.37. The van der Waals surface area contributed by atoms with Gasteiger partial charge in [0.1, 0.15) is 5.82 Å². The highest BCUT2D eigenvalue weighted by molar-refractivity contribution is 6.18. The lowest BCUT2D eigenvalue weighted by Gasteiger charge is -2.40. The molecule has 2 aliphatic rings. The Morgan fingerprint density at radius 3 is 2.71 bits per heavy atom. The van der Waals surface area contributed by atoms with E-state index < -0.39 is 0 Å². The second kappa shape index (κ2) is 4.58. The van der Waals surface area contributed by atoms with Gasteiger partial charge in [0.25, 0.3) is 0 Å². The van der Waals surface area contributed by atoms with Gasteiger partial charge in [0, 0.05) is 25.5 Å². The summed E-state index contributed by atoms with van der Waals surface area (Å²) in [4.78, 5) is 2.46. The molecule has 0 spiro atoms. The maximum absolute atomic E-state index is 12.9. The number of alkyl halides is 1. The van der Waals surface area contributed by atoms with E-state index in [4.69, 9.17) is 11.6 Å². The molecule has 3 atom stereocenters. The van der Waals surface area contributed by atoms with E-state index in [1.165, 1.54) is 25.1 Å². The zero-order chi connectivity index (χ0) is 11.8. The molecule has 0 amide bonds. The van der Waals surface area contributed by atoms with Gasteiger partial charge in [-0.1, -0.05) is 12.1 Å². The second-order valence-electron chi connectivity index (χ2n) is 5.27. The largest absolute Gasteiger partial charge is 0.302 e. The first kappa shape index (κ1) is 11.5. The van der Waals surface area contributed by atoms with Gasteiger partial charge in [-0.2, -0.15) is 0 Å². The van der Waals surface area contributed by atoms with Gasteiger partial charge in [-0.25, -0.2) is 4.39 Å². The van der Waals surface area contributed by atoms with E-state index in [-0.39, 0.29) is 5.82 Å². The third kappa shape index (κ3) is 2.09. The minimum atomic E-state index is -0.139. The first-order valence-electron chi connectivity index (χ1n) is 6.31. The molecule has 0 radical (unpaired) electrons. The fraction of sp³-hybridized carbons (Fsp3) is 0.571. The Hall–Kier alpha value is -0.600. The van der Waals surface area contributed by atoms with E-state index in [1.54, 1.807) is 12.1 Å². The molecule has 17 heavy (non-hydrogen) atoms. The highest BCUT2D eigenvalue weighted by Gasteiger charge is 2.46. The topological polar surface area (TPSA) is 3.24 Å². The molecule has 1 aromatic rings. The number of nitrogens with zero attached hydrogens (tertiary/aromatic N) is 1. The monoisotopic (exact) mass is 253 g/mol. The first-order valence-corrected chi connectivity index (χ1v) is 6.85. The molecule has 2 fully saturated rings.